The SMILES string of the molecule is NC1CS(=O)(=O)c2cc(Br)ccc21. The summed E-state index contributed by atoms with van der Waals surface area (Å²) in [5, 5.41) is 0. The Balaban J connectivity index is 2.74. The lowest BCUT2D eigenvalue weighted by Crippen LogP contribution is -2.11. The van der Waals surface area contributed by atoms with Gasteiger partial charge in [-0.2, -0.15) is 0 Å². The molecule has 0 fully saturated rings. The van der Waals surface area contributed by atoms with Gasteiger partial charge in [0.15, 0.2) is 9.84 Å². The fourth-order valence-electron chi connectivity index (χ4n) is 1.50. The molecule has 1 aliphatic heterocycles. The molecule has 2 rings (SSSR count). The molecule has 0 radical (unpaired) electrons. The van der Waals surface area contributed by atoms with E-state index in [1.165, 1.54) is 0 Å². The second-order valence-electron chi connectivity index (χ2n) is 3.07. The second kappa shape index (κ2) is 2.80. The van der Waals surface area contributed by atoms with Crippen molar-refractivity contribution in [1.82, 2.24) is 0 Å². The molecule has 1 aromatic carbocycles. The van der Waals surface area contributed by atoms with E-state index in [-0.39, 0.29) is 11.8 Å². The van der Waals surface area contributed by atoms with Crippen LogP contribution in [0.25, 0.3) is 0 Å². The van der Waals surface area contributed by atoms with Gasteiger partial charge in [-0.1, -0.05) is 22.0 Å². The van der Waals surface area contributed by atoms with Gasteiger partial charge in [0.05, 0.1) is 10.6 Å². The molecule has 1 heterocycles. The van der Waals surface area contributed by atoms with Crippen molar-refractivity contribution >= 4 is 25.8 Å². The number of nitrogens with two attached hydrogens (primary N) is 1. The molecule has 1 aromatic rings. The molecule has 1 atom stereocenters. The summed E-state index contributed by atoms with van der Waals surface area (Å²) in [4.78, 5) is 0.370. The molecule has 5 heteroatoms. The minimum Gasteiger partial charge on any atom is -0.323 e. The number of benzene rings is 1. The maximum Gasteiger partial charge on any atom is 0.180 e. The maximum absolute atomic E-state index is 11.5. The largest absolute Gasteiger partial charge is 0.323 e. The van der Waals surface area contributed by atoms with Crippen LogP contribution in [0.4, 0.5) is 0 Å². The van der Waals surface area contributed by atoms with E-state index in [1.54, 1.807) is 18.2 Å². The fraction of sp³-hybridized carbons (Fsp3) is 0.250. The molecule has 2 N–H and O–H groups in total. The summed E-state index contributed by atoms with van der Waals surface area (Å²) >= 11 is 3.23. The topological polar surface area (TPSA) is 60.2 Å². The first-order valence-corrected chi connectivity index (χ1v) is 6.23. The van der Waals surface area contributed by atoms with Crippen molar-refractivity contribution in [2.24, 2.45) is 5.73 Å². The molecule has 0 saturated heterocycles. The lowest BCUT2D eigenvalue weighted by Gasteiger charge is -2.00. The van der Waals surface area contributed by atoms with Gasteiger partial charge in [0.1, 0.15) is 0 Å². The van der Waals surface area contributed by atoms with E-state index in [0.717, 1.165) is 10.0 Å². The van der Waals surface area contributed by atoms with E-state index in [0.29, 0.717) is 4.90 Å². The first kappa shape index (κ1) is 9.18. The summed E-state index contributed by atoms with van der Waals surface area (Å²) < 4.78 is 23.8. The Hall–Kier alpha value is -0.390. The highest BCUT2D eigenvalue weighted by molar-refractivity contribution is 9.10. The number of fused-ring (bicyclic) bond motifs is 1. The summed E-state index contributed by atoms with van der Waals surface area (Å²) in [5.41, 5.74) is 6.40. The lowest BCUT2D eigenvalue weighted by atomic mass is 10.1. The van der Waals surface area contributed by atoms with Gasteiger partial charge in [0.25, 0.3) is 0 Å². The molecule has 0 saturated carbocycles. The highest BCUT2D eigenvalue weighted by Gasteiger charge is 2.32. The van der Waals surface area contributed by atoms with Gasteiger partial charge < -0.3 is 5.73 Å². The van der Waals surface area contributed by atoms with Crippen LogP contribution in [-0.2, 0) is 9.84 Å². The quantitative estimate of drug-likeness (QED) is 0.765. The van der Waals surface area contributed by atoms with E-state index >= 15 is 0 Å². The highest BCUT2D eigenvalue weighted by atomic mass is 79.9. The fourth-order valence-corrected chi connectivity index (χ4v) is 3.73. The molecule has 0 amide bonds. The maximum atomic E-state index is 11.5. The van der Waals surface area contributed by atoms with Gasteiger partial charge in [-0.15, -0.1) is 0 Å². The predicted molar refractivity (Wildman–Crippen MR) is 53.1 cm³/mol. The van der Waals surface area contributed by atoms with E-state index < -0.39 is 9.84 Å². The summed E-state index contributed by atoms with van der Waals surface area (Å²) in [5.74, 6) is 0.0266. The minimum atomic E-state index is -3.13. The van der Waals surface area contributed by atoms with Crippen molar-refractivity contribution in [2.45, 2.75) is 10.9 Å². The summed E-state index contributed by atoms with van der Waals surface area (Å²) in [6.45, 7) is 0. The molecule has 0 spiro atoms. The Bertz CT molecular complexity index is 455. The highest BCUT2D eigenvalue weighted by Crippen LogP contribution is 2.33. The smallest absolute Gasteiger partial charge is 0.180 e. The first-order chi connectivity index (χ1) is 6.00. The molecular weight excluding hydrogens is 254 g/mol. The van der Waals surface area contributed by atoms with Crippen molar-refractivity contribution in [3.05, 3.63) is 28.2 Å². The third-order valence-electron chi connectivity index (χ3n) is 2.11. The van der Waals surface area contributed by atoms with Gasteiger partial charge in [0.2, 0.25) is 0 Å². The van der Waals surface area contributed by atoms with Crippen molar-refractivity contribution in [2.75, 3.05) is 5.75 Å². The monoisotopic (exact) mass is 261 g/mol. The van der Waals surface area contributed by atoms with E-state index in [9.17, 15) is 8.42 Å². The molecule has 3 nitrogen and oxygen atoms in total. The van der Waals surface area contributed by atoms with Crippen molar-refractivity contribution in [1.29, 1.82) is 0 Å². The van der Waals surface area contributed by atoms with E-state index in [1.807, 2.05) is 0 Å². The van der Waals surface area contributed by atoms with Gasteiger partial charge in [0, 0.05) is 10.5 Å². The number of rotatable bonds is 0. The van der Waals surface area contributed by atoms with Crippen LogP contribution in [0, 0.1) is 0 Å². The third-order valence-corrected chi connectivity index (χ3v) is 4.42. The Kier molecular flexibility index (Phi) is 1.98. The summed E-state index contributed by atoms with van der Waals surface area (Å²) in [6.07, 6.45) is 0. The first-order valence-electron chi connectivity index (χ1n) is 3.78. The van der Waals surface area contributed by atoms with Crippen LogP contribution in [0.2, 0.25) is 0 Å². The zero-order valence-corrected chi connectivity index (χ0v) is 9.10. The number of halogens is 1. The molecular formula is C8H8BrNO2S. The van der Waals surface area contributed by atoms with Gasteiger partial charge in [-0.25, -0.2) is 8.42 Å². The van der Waals surface area contributed by atoms with Crippen LogP contribution in [-0.4, -0.2) is 14.2 Å². The third kappa shape index (κ3) is 1.41. The lowest BCUT2D eigenvalue weighted by molar-refractivity contribution is 0.598. The van der Waals surface area contributed by atoms with E-state index in [4.69, 9.17) is 5.73 Å². The normalized spacial score (nSPS) is 24.3. The van der Waals surface area contributed by atoms with Gasteiger partial charge in [-0.05, 0) is 17.7 Å². The molecule has 0 bridgehead atoms. The zero-order valence-electron chi connectivity index (χ0n) is 6.70. The summed E-state index contributed by atoms with van der Waals surface area (Å²) in [6, 6.07) is 4.80. The number of sulfone groups is 1. The molecule has 70 valence electrons. The molecule has 1 unspecified atom stereocenters. The van der Waals surface area contributed by atoms with Crippen molar-refractivity contribution in [3.8, 4) is 0 Å². The Labute approximate surface area is 85.0 Å². The Morgan fingerprint density at radius 2 is 2.15 bits per heavy atom. The predicted octanol–water partition coefficient (Wildman–Crippen LogP) is 1.24. The number of hydrogen-bond acceptors (Lipinski definition) is 3. The van der Waals surface area contributed by atoms with Crippen LogP contribution in [0.15, 0.2) is 27.6 Å². The van der Waals surface area contributed by atoms with Crippen LogP contribution >= 0.6 is 15.9 Å². The van der Waals surface area contributed by atoms with Crippen LogP contribution in [0.1, 0.15) is 11.6 Å². The summed E-state index contributed by atoms with van der Waals surface area (Å²) in [7, 11) is -3.13. The van der Waals surface area contributed by atoms with E-state index in [2.05, 4.69) is 15.9 Å². The average Bonchev–Trinajstić information content (AvgIpc) is 2.23. The van der Waals surface area contributed by atoms with Crippen molar-refractivity contribution in [3.63, 3.8) is 0 Å². The van der Waals surface area contributed by atoms with Crippen molar-refractivity contribution < 1.29 is 8.42 Å². The van der Waals surface area contributed by atoms with Crippen LogP contribution in [0.5, 0.6) is 0 Å². The Morgan fingerprint density at radius 3 is 2.85 bits per heavy atom. The molecule has 0 aliphatic carbocycles. The average molecular weight is 262 g/mol. The van der Waals surface area contributed by atoms with Crippen LogP contribution in [0.3, 0.4) is 0 Å². The second-order valence-corrected chi connectivity index (χ2v) is 5.99. The molecule has 0 aromatic heterocycles. The zero-order chi connectivity index (χ0) is 9.64. The van der Waals surface area contributed by atoms with Gasteiger partial charge in [-0.3, -0.25) is 0 Å². The minimum absolute atomic E-state index is 0.0266. The number of hydrogen-bond donors (Lipinski definition) is 1. The van der Waals surface area contributed by atoms with Crippen LogP contribution < -0.4 is 5.73 Å². The Morgan fingerprint density at radius 1 is 1.46 bits per heavy atom. The molecule has 13 heavy (non-hydrogen) atoms. The standard InChI is InChI=1S/C8H8BrNO2S/c9-5-1-2-6-7(10)4-13(11,12)8(6)3-5/h1-3,7H,4,10H2. The molecule has 1 aliphatic rings. The van der Waals surface area contributed by atoms with Gasteiger partial charge >= 0.3 is 0 Å².